The van der Waals surface area contributed by atoms with Crippen LogP contribution in [0.2, 0.25) is 0 Å². The molecule has 0 saturated heterocycles. The maximum atomic E-state index is 4.02. The molecule has 1 aliphatic heterocycles. The number of para-hydroxylation sites is 1. The second-order valence-corrected chi connectivity index (χ2v) is 4.21. The van der Waals surface area contributed by atoms with Crippen molar-refractivity contribution in [3.05, 3.63) is 47.8 Å². The Bertz CT molecular complexity index is 536. The maximum absolute atomic E-state index is 4.02. The van der Waals surface area contributed by atoms with Crippen molar-refractivity contribution >= 4 is 10.9 Å². The Balaban J connectivity index is 2.31. The quantitative estimate of drug-likeness (QED) is 0.669. The molecule has 0 amide bonds. The largest absolute Gasteiger partial charge is 0.381 e. The van der Waals surface area contributed by atoms with E-state index >= 15 is 0 Å². The summed E-state index contributed by atoms with van der Waals surface area (Å²) in [4.78, 5) is 3.48. The number of hydrogen-bond donors (Lipinski definition) is 2. The maximum Gasteiger partial charge on any atom is 0.0635 e. The molecule has 0 bridgehead atoms. The summed E-state index contributed by atoms with van der Waals surface area (Å²) in [5.74, 6) is 0. The first-order valence-corrected chi connectivity index (χ1v) is 5.29. The number of aromatic amines is 1. The molecule has 2 aromatic rings. The summed E-state index contributed by atoms with van der Waals surface area (Å²) in [5.41, 5.74) is 5.05. The van der Waals surface area contributed by atoms with Crippen molar-refractivity contribution < 1.29 is 0 Å². The van der Waals surface area contributed by atoms with E-state index in [0.29, 0.717) is 6.04 Å². The molecule has 0 spiro atoms. The van der Waals surface area contributed by atoms with Crippen LogP contribution in [0.1, 0.15) is 24.2 Å². The first kappa shape index (κ1) is 8.60. The third-order valence-corrected chi connectivity index (χ3v) is 3.09. The van der Waals surface area contributed by atoms with Gasteiger partial charge in [-0.25, -0.2) is 0 Å². The first-order chi connectivity index (χ1) is 7.25. The van der Waals surface area contributed by atoms with E-state index in [1.54, 1.807) is 0 Å². The summed E-state index contributed by atoms with van der Waals surface area (Å²) in [5, 5.41) is 4.71. The molecule has 0 radical (unpaired) electrons. The molecule has 1 unspecified atom stereocenters. The van der Waals surface area contributed by atoms with E-state index < -0.39 is 0 Å². The highest BCUT2D eigenvalue weighted by Crippen LogP contribution is 2.31. The smallest absolute Gasteiger partial charge is 0.0635 e. The van der Waals surface area contributed by atoms with E-state index in [2.05, 4.69) is 48.1 Å². The molecular weight excluding hydrogens is 184 g/mol. The molecule has 1 aromatic carbocycles. The van der Waals surface area contributed by atoms with E-state index in [9.17, 15) is 0 Å². The van der Waals surface area contributed by atoms with Crippen LogP contribution in [0.5, 0.6) is 0 Å². The first-order valence-electron chi connectivity index (χ1n) is 5.29. The lowest BCUT2D eigenvalue weighted by Crippen LogP contribution is -2.24. The fraction of sp³-hybridized carbons (Fsp3) is 0.231. The van der Waals surface area contributed by atoms with Crippen LogP contribution >= 0.6 is 0 Å². The van der Waals surface area contributed by atoms with Crippen LogP contribution in [0.3, 0.4) is 0 Å². The molecule has 2 N–H and O–H groups in total. The van der Waals surface area contributed by atoms with Crippen molar-refractivity contribution in [1.82, 2.24) is 10.3 Å². The summed E-state index contributed by atoms with van der Waals surface area (Å²) in [6.45, 7) is 6.19. The van der Waals surface area contributed by atoms with E-state index in [-0.39, 0.29) is 0 Å². The predicted molar refractivity (Wildman–Crippen MR) is 62.7 cm³/mol. The van der Waals surface area contributed by atoms with Gasteiger partial charge in [-0.05, 0) is 18.6 Å². The lowest BCUT2D eigenvalue weighted by atomic mass is 9.98. The van der Waals surface area contributed by atoms with Crippen LogP contribution in [0, 0.1) is 0 Å². The number of H-pyrrole nitrogens is 1. The van der Waals surface area contributed by atoms with E-state index in [1.807, 2.05) is 0 Å². The molecule has 15 heavy (non-hydrogen) atoms. The van der Waals surface area contributed by atoms with E-state index in [0.717, 1.165) is 12.1 Å². The fourth-order valence-electron chi connectivity index (χ4n) is 2.42. The van der Waals surface area contributed by atoms with Gasteiger partial charge in [0.15, 0.2) is 0 Å². The van der Waals surface area contributed by atoms with Gasteiger partial charge in [0.05, 0.1) is 6.04 Å². The topological polar surface area (TPSA) is 27.8 Å². The van der Waals surface area contributed by atoms with Crippen molar-refractivity contribution in [2.24, 2.45) is 0 Å². The van der Waals surface area contributed by atoms with Gasteiger partial charge in [0.2, 0.25) is 0 Å². The molecule has 2 nitrogen and oxygen atoms in total. The molecule has 1 atom stereocenters. The summed E-state index contributed by atoms with van der Waals surface area (Å²) in [6.07, 6.45) is 0.934. The lowest BCUT2D eigenvalue weighted by molar-refractivity contribution is 0.597. The van der Waals surface area contributed by atoms with Crippen LogP contribution < -0.4 is 5.32 Å². The van der Waals surface area contributed by atoms with Gasteiger partial charge in [0.1, 0.15) is 0 Å². The number of allylic oxidation sites excluding steroid dienone is 1. The highest BCUT2D eigenvalue weighted by molar-refractivity contribution is 5.85. The zero-order valence-electron chi connectivity index (χ0n) is 8.80. The number of benzene rings is 1. The second kappa shape index (κ2) is 2.89. The minimum Gasteiger partial charge on any atom is -0.381 e. The molecule has 0 aliphatic carbocycles. The van der Waals surface area contributed by atoms with Crippen LogP contribution in [0.4, 0.5) is 0 Å². The van der Waals surface area contributed by atoms with Crippen LogP contribution in [-0.2, 0) is 6.42 Å². The molecule has 0 saturated carbocycles. The molecular formula is C13H14N2. The van der Waals surface area contributed by atoms with Gasteiger partial charge < -0.3 is 10.3 Å². The third-order valence-electron chi connectivity index (χ3n) is 3.09. The summed E-state index contributed by atoms with van der Waals surface area (Å²) >= 11 is 0. The zero-order chi connectivity index (χ0) is 10.4. The van der Waals surface area contributed by atoms with Crippen molar-refractivity contribution in [3.8, 4) is 0 Å². The van der Waals surface area contributed by atoms with Gasteiger partial charge in [0, 0.05) is 28.7 Å². The molecule has 1 aliphatic rings. The van der Waals surface area contributed by atoms with Crippen molar-refractivity contribution in [2.45, 2.75) is 19.4 Å². The number of hydrogen-bond acceptors (Lipinski definition) is 1. The molecule has 0 fully saturated rings. The minimum atomic E-state index is 0.341. The van der Waals surface area contributed by atoms with Crippen molar-refractivity contribution in [1.29, 1.82) is 0 Å². The van der Waals surface area contributed by atoms with Gasteiger partial charge in [-0.2, -0.15) is 0 Å². The average Bonchev–Trinajstić information content (AvgIpc) is 2.57. The fourth-order valence-corrected chi connectivity index (χ4v) is 2.42. The number of fused-ring (bicyclic) bond motifs is 3. The highest BCUT2D eigenvalue weighted by atomic mass is 15.0. The molecule has 2 heteroatoms. The Labute approximate surface area is 89.0 Å². The second-order valence-electron chi connectivity index (χ2n) is 4.21. The number of aromatic nitrogens is 1. The highest BCUT2D eigenvalue weighted by Gasteiger charge is 2.21. The Morgan fingerprint density at radius 3 is 3.00 bits per heavy atom. The minimum absolute atomic E-state index is 0.341. The molecule has 3 rings (SSSR count). The lowest BCUT2D eigenvalue weighted by Gasteiger charge is -2.23. The zero-order valence-corrected chi connectivity index (χ0v) is 8.80. The Morgan fingerprint density at radius 2 is 2.13 bits per heavy atom. The Morgan fingerprint density at radius 1 is 1.33 bits per heavy atom. The SMILES string of the molecule is C=C1Cc2c([nH]c3ccccc23)C(C)N1. The van der Waals surface area contributed by atoms with Crippen LogP contribution in [0.15, 0.2) is 36.5 Å². The average molecular weight is 198 g/mol. The molecule has 1 aromatic heterocycles. The monoisotopic (exact) mass is 198 g/mol. The predicted octanol–water partition coefficient (Wildman–Crippen LogP) is 2.89. The summed E-state index contributed by atoms with van der Waals surface area (Å²) in [6, 6.07) is 8.80. The van der Waals surface area contributed by atoms with E-state index in [4.69, 9.17) is 0 Å². The molecule has 2 heterocycles. The van der Waals surface area contributed by atoms with Gasteiger partial charge in [-0.15, -0.1) is 0 Å². The normalized spacial score (nSPS) is 20.1. The van der Waals surface area contributed by atoms with Gasteiger partial charge in [-0.1, -0.05) is 24.8 Å². The van der Waals surface area contributed by atoms with Gasteiger partial charge in [0.25, 0.3) is 0 Å². The van der Waals surface area contributed by atoms with Crippen LogP contribution in [0.25, 0.3) is 10.9 Å². The molecule has 76 valence electrons. The van der Waals surface area contributed by atoms with Crippen LogP contribution in [-0.4, -0.2) is 4.98 Å². The Hall–Kier alpha value is -1.70. The standard InChI is InChI=1S/C13H14N2/c1-8-7-11-10-5-3-4-6-12(10)15-13(11)9(2)14-8/h3-6,9,14-15H,1,7H2,2H3. The number of nitrogens with one attached hydrogen (secondary N) is 2. The summed E-state index contributed by atoms with van der Waals surface area (Å²) < 4.78 is 0. The Kier molecular flexibility index (Phi) is 1.66. The van der Waals surface area contributed by atoms with Crippen molar-refractivity contribution in [3.63, 3.8) is 0 Å². The third kappa shape index (κ3) is 1.18. The van der Waals surface area contributed by atoms with Gasteiger partial charge >= 0.3 is 0 Å². The van der Waals surface area contributed by atoms with Crippen molar-refractivity contribution in [2.75, 3.05) is 0 Å². The van der Waals surface area contributed by atoms with E-state index in [1.165, 1.54) is 22.2 Å². The summed E-state index contributed by atoms with van der Waals surface area (Å²) in [7, 11) is 0. The number of rotatable bonds is 0. The van der Waals surface area contributed by atoms with Gasteiger partial charge in [-0.3, -0.25) is 0 Å².